The van der Waals surface area contributed by atoms with E-state index in [2.05, 4.69) is 22.8 Å². The summed E-state index contributed by atoms with van der Waals surface area (Å²) in [5, 5.41) is 16.1. The van der Waals surface area contributed by atoms with E-state index < -0.39 is 0 Å². The molecule has 0 radical (unpaired) electrons. The minimum absolute atomic E-state index is 0.0239. The monoisotopic (exact) mass is 269 g/mol. The van der Waals surface area contributed by atoms with E-state index >= 15 is 0 Å². The summed E-state index contributed by atoms with van der Waals surface area (Å²) in [5.41, 5.74) is 0.0239. The molecule has 2 N–H and O–H groups in total. The van der Waals surface area contributed by atoms with Crippen LogP contribution in [0.1, 0.15) is 32.1 Å². The van der Waals surface area contributed by atoms with Gasteiger partial charge in [0, 0.05) is 16.8 Å². The second-order valence-corrected chi connectivity index (χ2v) is 7.82. The van der Waals surface area contributed by atoms with Crippen LogP contribution in [0.5, 0.6) is 0 Å². The Bertz CT molecular complexity index is 364. The van der Waals surface area contributed by atoms with Gasteiger partial charge in [0.2, 0.25) is 0 Å². The van der Waals surface area contributed by atoms with Crippen molar-refractivity contribution >= 4 is 23.1 Å². The smallest absolute Gasteiger partial charge is 0.0613 e. The summed E-state index contributed by atoms with van der Waals surface area (Å²) in [4.78, 5) is 0. The van der Waals surface area contributed by atoms with Gasteiger partial charge in [-0.25, -0.2) is 0 Å². The molecule has 2 aliphatic carbocycles. The van der Waals surface area contributed by atoms with Crippen LogP contribution in [0.3, 0.4) is 0 Å². The van der Waals surface area contributed by atoms with Crippen molar-refractivity contribution in [1.82, 2.24) is 5.32 Å². The third-order valence-corrected chi connectivity index (χ3v) is 6.07. The number of nitrogens with one attached hydrogen (secondary N) is 1. The Hall–Kier alpha value is -0.0300. The van der Waals surface area contributed by atoms with E-state index in [0.717, 1.165) is 12.8 Å². The number of thioether (sulfide) groups is 1. The van der Waals surface area contributed by atoms with E-state index in [-0.39, 0.29) is 5.54 Å². The molecule has 0 aromatic carbocycles. The van der Waals surface area contributed by atoms with Gasteiger partial charge >= 0.3 is 0 Å². The zero-order valence-corrected chi connectivity index (χ0v) is 11.5. The quantitative estimate of drug-likeness (QED) is 0.862. The van der Waals surface area contributed by atoms with Crippen LogP contribution < -0.4 is 5.32 Å². The van der Waals surface area contributed by atoms with Gasteiger partial charge < -0.3 is 10.4 Å². The Morgan fingerprint density at radius 2 is 2.35 bits per heavy atom. The molecule has 1 heterocycles. The molecule has 2 fully saturated rings. The fourth-order valence-corrected chi connectivity index (χ4v) is 5.02. The average molecular weight is 269 g/mol. The molecule has 2 saturated carbocycles. The Morgan fingerprint density at radius 1 is 1.47 bits per heavy atom. The molecule has 0 aliphatic heterocycles. The van der Waals surface area contributed by atoms with Crippen LogP contribution >= 0.6 is 23.1 Å². The lowest BCUT2D eigenvalue weighted by Crippen LogP contribution is -2.47. The first-order valence-corrected chi connectivity index (χ1v) is 8.14. The van der Waals surface area contributed by atoms with Crippen molar-refractivity contribution in [1.29, 1.82) is 0 Å². The van der Waals surface area contributed by atoms with Gasteiger partial charge in [-0.05, 0) is 43.6 Å². The molecule has 2 aliphatic rings. The van der Waals surface area contributed by atoms with Crippen LogP contribution in [0.4, 0.5) is 0 Å². The van der Waals surface area contributed by atoms with Crippen molar-refractivity contribution in [3.8, 4) is 0 Å². The average Bonchev–Trinajstić information content (AvgIpc) is 2.84. The first-order valence-electron chi connectivity index (χ1n) is 6.38. The molecule has 3 rings (SSSR count). The number of hydrogen-bond acceptors (Lipinski definition) is 4. The maximum absolute atomic E-state index is 9.67. The van der Waals surface area contributed by atoms with E-state index in [1.54, 1.807) is 0 Å². The molecule has 1 aromatic heterocycles. The third-order valence-electron chi connectivity index (χ3n) is 3.73. The van der Waals surface area contributed by atoms with Gasteiger partial charge in [0.25, 0.3) is 0 Å². The van der Waals surface area contributed by atoms with Crippen molar-refractivity contribution < 1.29 is 5.11 Å². The first kappa shape index (κ1) is 12.0. The number of thiophene rings is 1. The van der Waals surface area contributed by atoms with Gasteiger partial charge in [-0.1, -0.05) is 6.07 Å². The third kappa shape index (κ3) is 2.87. The minimum Gasteiger partial charge on any atom is -0.394 e. The van der Waals surface area contributed by atoms with Crippen LogP contribution in [0, 0.1) is 0 Å². The summed E-state index contributed by atoms with van der Waals surface area (Å²) in [7, 11) is 0. The molecular weight excluding hydrogens is 250 g/mol. The Morgan fingerprint density at radius 3 is 3.00 bits per heavy atom. The summed E-state index contributed by atoms with van der Waals surface area (Å²) in [5.74, 6) is 0. The standard InChI is InChI=1S/C13H19NOS2/c15-9-13(14-10-3-4-10)6-5-11(8-13)17-12-2-1-7-16-12/h1-2,7,10-11,14-15H,3-6,8-9H2. The lowest BCUT2D eigenvalue weighted by Gasteiger charge is -2.28. The fourth-order valence-electron chi connectivity index (χ4n) is 2.65. The van der Waals surface area contributed by atoms with Crippen LogP contribution in [0.2, 0.25) is 0 Å². The topological polar surface area (TPSA) is 32.3 Å². The molecule has 2 unspecified atom stereocenters. The highest BCUT2D eigenvalue weighted by molar-refractivity contribution is 8.01. The van der Waals surface area contributed by atoms with Crippen molar-refractivity contribution in [3.63, 3.8) is 0 Å². The fraction of sp³-hybridized carbons (Fsp3) is 0.692. The summed E-state index contributed by atoms with van der Waals surface area (Å²) >= 11 is 3.81. The molecule has 0 bridgehead atoms. The van der Waals surface area contributed by atoms with Crippen LogP contribution in [0.25, 0.3) is 0 Å². The van der Waals surface area contributed by atoms with Crippen molar-refractivity contribution in [2.24, 2.45) is 0 Å². The molecular formula is C13H19NOS2. The summed E-state index contributed by atoms with van der Waals surface area (Å²) in [6.45, 7) is 0.297. The molecule has 2 atom stereocenters. The van der Waals surface area contributed by atoms with E-state index in [4.69, 9.17) is 0 Å². The molecule has 94 valence electrons. The Balaban J connectivity index is 1.59. The van der Waals surface area contributed by atoms with Gasteiger partial charge in [-0.15, -0.1) is 23.1 Å². The maximum atomic E-state index is 9.67. The van der Waals surface area contributed by atoms with E-state index in [1.807, 2.05) is 23.1 Å². The molecule has 2 nitrogen and oxygen atoms in total. The zero-order chi connectivity index (χ0) is 11.7. The van der Waals surface area contributed by atoms with Crippen molar-refractivity contribution in [2.75, 3.05) is 6.61 Å². The predicted molar refractivity (Wildman–Crippen MR) is 73.8 cm³/mol. The lowest BCUT2D eigenvalue weighted by molar-refractivity contribution is 0.163. The van der Waals surface area contributed by atoms with Gasteiger partial charge in [0.05, 0.1) is 10.8 Å². The van der Waals surface area contributed by atoms with Gasteiger partial charge in [0.15, 0.2) is 0 Å². The summed E-state index contributed by atoms with van der Waals surface area (Å²) in [6, 6.07) is 5.00. The number of hydrogen-bond donors (Lipinski definition) is 2. The van der Waals surface area contributed by atoms with Crippen LogP contribution in [-0.2, 0) is 0 Å². The zero-order valence-electron chi connectivity index (χ0n) is 9.89. The van der Waals surface area contributed by atoms with Gasteiger partial charge in [0.1, 0.15) is 0 Å². The van der Waals surface area contributed by atoms with Gasteiger partial charge in [-0.3, -0.25) is 0 Å². The van der Waals surface area contributed by atoms with Crippen molar-refractivity contribution in [2.45, 2.75) is 53.1 Å². The molecule has 4 heteroatoms. The predicted octanol–water partition coefficient (Wildman–Crippen LogP) is 2.88. The Labute approximate surface area is 111 Å². The highest BCUT2D eigenvalue weighted by Crippen LogP contribution is 2.42. The van der Waals surface area contributed by atoms with E-state index in [9.17, 15) is 5.11 Å². The minimum atomic E-state index is 0.0239. The van der Waals surface area contributed by atoms with E-state index in [0.29, 0.717) is 17.9 Å². The largest absolute Gasteiger partial charge is 0.394 e. The Kier molecular flexibility index (Phi) is 3.48. The molecule has 0 spiro atoms. The maximum Gasteiger partial charge on any atom is 0.0613 e. The second-order valence-electron chi connectivity index (χ2n) is 5.27. The highest BCUT2D eigenvalue weighted by atomic mass is 32.2. The lowest BCUT2D eigenvalue weighted by atomic mass is 9.99. The highest BCUT2D eigenvalue weighted by Gasteiger charge is 2.42. The van der Waals surface area contributed by atoms with Crippen LogP contribution in [0.15, 0.2) is 21.7 Å². The molecule has 0 saturated heterocycles. The number of aliphatic hydroxyl groups excluding tert-OH is 1. The van der Waals surface area contributed by atoms with Gasteiger partial charge in [-0.2, -0.15) is 0 Å². The molecule has 0 amide bonds. The van der Waals surface area contributed by atoms with E-state index in [1.165, 1.54) is 23.5 Å². The second kappa shape index (κ2) is 4.92. The van der Waals surface area contributed by atoms with Crippen LogP contribution in [-0.4, -0.2) is 28.5 Å². The first-order chi connectivity index (χ1) is 8.30. The normalized spacial score (nSPS) is 33.1. The molecule has 1 aromatic rings. The molecule has 17 heavy (non-hydrogen) atoms. The number of rotatable bonds is 5. The number of aliphatic hydroxyl groups is 1. The SMILES string of the molecule is OCC1(NC2CC2)CCC(Sc2cccs2)C1. The summed E-state index contributed by atoms with van der Waals surface area (Å²) in [6.07, 6.45) is 6.06. The summed E-state index contributed by atoms with van der Waals surface area (Å²) < 4.78 is 1.41. The van der Waals surface area contributed by atoms with Crippen molar-refractivity contribution in [3.05, 3.63) is 17.5 Å².